The van der Waals surface area contributed by atoms with Gasteiger partial charge in [-0.05, 0) is 68.9 Å². The molecule has 0 saturated heterocycles. The molecule has 0 radical (unpaired) electrons. The van der Waals surface area contributed by atoms with Crippen molar-refractivity contribution in [1.29, 1.82) is 0 Å². The number of carboxylic acids is 1. The lowest BCUT2D eigenvalue weighted by molar-refractivity contribution is -0.149. The highest BCUT2D eigenvalue weighted by Gasteiger charge is 2.23. The molecule has 2 aromatic carbocycles. The third kappa shape index (κ3) is 9.41. The fourth-order valence-corrected chi connectivity index (χ4v) is 4.11. The maximum atomic E-state index is 12.8. The number of hydrogen-bond acceptors (Lipinski definition) is 6. The number of hydrogen-bond donors (Lipinski definition) is 1. The topological polar surface area (TPSA) is 94.5 Å². The summed E-state index contributed by atoms with van der Waals surface area (Å²) in [6.07, 6.45) is 3.82. The molecule has 2 aromatic rings. The van der Waals surface area contributed by atoms with Crippen molar-refractivity contribution in [2.24, 2.45) is 0 Å². The summed E-state index contributed by atoms with van der Waals surface area (Å²) in [4.78, 5) is 25.8. The molecule has 8 nitrogen and oxygen atoms in total. The van der Waals surface area contributed by atoms with E-state index in [2.05, 4.69) is 0 Å². The van der Waals surface area contributed by atoms with Gasteiger partial charge in [0.15, 0.2) is 6.10 Å². The van der Waals surface area contributed by atoms with Crippen molar-refractivity contribution in [3.05, 3.63) is 60.2 Å². The monoisotopic (exact) mass is 499 g/mol. The first-order valence-corrected chi connectivity index (χ1v) is 12.7. The average Bonchev–Trinajstić information content (AvgIpc) is 3.39. The molecule has 3 rings (SSSR count). The SMILES string of the molecule is CCOC(Cc1ccc(OCCN(CCCOc2ccccc2)C(=O)OC2CCCC2)cc1)C(=O)O. The summed E-state index contributed by atoms with van der Waals surface area (Å²) in [7, 11) is 0. The molecule has 0 aromatic heterocycles. The second-order valence-electron chi connectivity index (χ2n) is 8.77. The van der Waals surface area contributed by atoms with E-state index in [9.17, 15) is 14.7 Å². The van der Waals surface area contributed by atoms with E-state index in [1.54, 1.807) is 24.0 Å². The van der Waals surface area contributed by atoms with E-state index < -0.39 is 12.1 Å². The van der Waals surface area contributed by atoms with Gasteiger partial charge < -0.3 is 29.0 Å². The third-order valence-electron chi connectivity index (χ3n) is 6.03. The van der Waals surface area contributed by atoms with Gasteiger partial charge >= 0.3 is 12.1 Å². The Hall–Kier alpha value is -3.26. The Kier molecular flexibility index (Phi) is 11.4. The highest BCUT2D eigenvalue weighted by Crippen LogP contribution is 2.22. The summed E-state index contributed by atoms with van der Waals surface area (Å²) in [6, 6.07) is 16.9. The maximum absolute atomic E-state index is 12.8. The molecule has 36 heavy (non-hydrogen) atoms. The van der Waals surface area contributed by atoms with E-state index in [4.69, 9.17) is 18.9 Å². The van der Waals surface area contributed by atoms with Crippen LogP contribution in [0, 0.1) is 0 Å². The van der Waals surface area contributed by atoms with Gasteiger partial charge in [0.25, 0.3) is 0 Å². The number of nitrogens with zero attached hydrogens (tertiary/aromatic N) is 1. The molecule has 1 unspecified atom stereocenters. The second kappa shape index (κ2) is 15.0. The highest BCUT2D eigenvalue weighted by molar-refractivity contribution is 5.72. The van der Waals surface area contributed by atoms with Crippen LogP contribution >= 0.6 is 0 Å². The van der Waals surface area contributed by atoms with E-state index in [1.807, 2.05) is 42.5 Å². The molecule has 1 aliphatic rings. The molecular weight excluding hydrogens is 462 g/mol. The lowest BCUT2D eigenvalue weighted by Gasteiger charge is -2.24. The van der Waals surface area contributed by atoms with E-state index in [-0.39, 0.29) is 18.6 Å². The summed E-state index contributed by atoms with van der Waals surface area (Å²) in [5, 5.41) is 9.26. The summed E-state index contributed by atoms with van der Waals surface area (Å²) < 4.78 is 22.6. The van der Waals surface area contributed by atoms with Gasteiger partial charge in [-0.3, -0.25) is 0 Å². The Morgan fingerprint density at radius 2 is 1.61 bits per heavy atom. The van der Waals surface area contributed by atoms with Crippen LogP contribution in [0.1, 0.15) is 44.6 Å². The predicted molar refractivity (Wildman–Crippen MR) is 136 cm³/mol. The van der Waals surface area contributed by atoms with Crippen LogP contribution < -0.4 is 9.47 Å². The molecule has 0 spiro atoms. The minimum atomic E-state index is -0.976. The lowest BCUT2D eigenvalue weighted by Crippen LogP contribution is -2.38. The Morgan fingerprint density at radius 1 is 0.944 bits per heavy atom. The standard InChI is InChI=1S/C28H37NO7/c1-2-33-26(27(30)31)21-22-13-15-24(16-14-22)35-20-18-29(28(32)36-25-11-6-7-12-25)17-8-19-34-23-9-4-3-5-10-23/h3-5,9-10,13-16,25-26H,2,6-8,11-12,17-21H2,1H3,(H,30,31). The summed E-state index contributed by atoms with van der Waals surface area (Å²) in [5.41, 5.74) is 0.850. The zero-order valence-electron chi connectivity index (χ0n) is 21.0. The van der Waals surface area contributed by atoms with E-state index in [0.29, 0.717) is 45.1 Å². The highest BCUT2D eigenvalue weighted by atomic mass is 16.6. The number of ether oxygens (including phenoxy) is 4. The second-order valence-corrected chi connectivity index (χ2v) is 8.77. The van der Waals surface area contributed by atoms with E-state index in [0.717, 1.165) is 37.0 Å². The summed E-state index contributed by atoms with van der Waals surface area (Å²) in [5.74, 6) is 0.481. The van der Waals surface area contributed by atoms with Crippen molar-refractivity contribution in [1.82, 2.24) is 4.90 Å². The molecule has 1 amide bonds. The summed E-state index contributed by atoms with van der Waals surface area (Å²) in [6.45, 7) is 3.83. The normalized spacial score (nSPS) is 14.2. The molecular formula is C28H37NO7. The number of aliphatic carboxylic acids is 1. The average molecular weight is 500 g/mol. The zero-order chi connectivity index (χ0) is 25.6. The van der Waals surface area contributed by atoms with Gasteiger partial charge in [0, 0.05) is 19.6 Å². The van der Waals surface area contributed by atoms with Crippen LogP contribution in [0.2, 0.25) is 0 Å². The zero-order valence-corrected chi connectivity index (χ0v) is 21.0. The van der Waals surface area contributed by atoms with Crippen LogP contribution in [0.25, 0.3) is 0 Å². The first kappa shape index (κ1) is 27.3. The Morgan fingerprint density at radius 3 is 2.28 bits per heavy atom. The number of carbonyl (C=O) groups is 2. The van der Waals surface area contributed by atoms with Gasteiger partial charge in [0.05, 0.1) is 13.2 Å². The number of rotatable bonds is 15. The van der Waals surface area contributed by atoms with Crippen molar-refractivity contribution in [3.63, 3.8) is 0 Å². The van der Waals surface area contributed by atoms with Crippen LogP contribution in [0.4, 0.5) is 4.79 Å². The van der Waals surface area contributed by atoms with Crippen molar-refractivity contribution in [3.8, 4) is 11.5 Å². The minimum Gasteiger partial charge on any atom is -0.494 e. The third-order valence-corrected chi connectivity index (χ3v) is 6.03. The smallest absolute Gasteiger partial charge is 0.410 e. The van der Waals surface area contributed by atoms with E-state index >= 15 is 0 Å². The Balaban J connectivity index is 1.47. The number of amides is 1. The molecule has 1 atom stereocenters. The minimum absolute atomic E-state index is 0.000322. The fourth-order valence-electron chi connectivity index (χ4n) is 4.11. The quantitative estimate of drug-likeness (QED) is 0.347. The van der Waals surface area contributed by atoms with Crippen LogP contribution in [0.5, 0.6) is 11.5 Å². The molecule has 0 aliphatic heterocycles. The van der Waals surface area contributed by atoms with Crippen LogP contribution in [-0.2, 0) is 20.7 Å². The molecule has 8 heteroatoms. The molecule has 196 valence electrons. The van der Waals surface area contributed by atoms with Gasteiger partial charge in [-0.25, -0.2) is 9.59 Å². The van der Waals surface area contributed by atoms with Crippen LogP contribution in [0.3, 0.4) is 0 Å². The molecule has 0 bridgehead atoms. The largest absolute Gasteiger partial charge is 0.494 e. The van der Waals surface area contributed by atoms with Crippen molar-refractivity contribution < 1.29 is 33.6 Å². The number of carboxylic acid groups (broad SMARTS) is 1. The van der Waals surface area contributed by atoms with E-state index in [1.165, 1.54) is 0 Å². The van der Waals surface area contributed by atoms with Crippen LogP contribution in [0.15, 0.2) is 54.6 Å². The lowest BCUT2D eigenvalue weighted by atomic mass is 10.1. The number of para-hydroxylation sites is 1. The maximum Gasteiger partial charge on any atom is 0.410 e. The van der Waals surface area contributed by atoms with Gasteiger partial charge in [-0.1, -0.05) is 30.3 Å². The molecule has 1 saturated carbocycles. The first-order valence-electron chi connectivity index (χ1n) is 12.7. The van der Waals surface area contributed by atoms with Crippen molar-refractivity contribution in [2.75, 3.05) is 32.9 Å². The summed E-state index contributed by atoms with van der Waals surface area (Å²) >= 11 is 0. The Bertz CT molecular complexity index is 913. The predicted octanol–water partition coefficient (Wildman–Crippen LogP) is 4.95. The fraction of sp³-hybridized carbons (Fsp3) is 0.500. The van der Waals surface area contributed by atoms with Crippen molar-refractivity contribution in [2.45, 2.75) is 57.7 Å². The molecule has 1 fully saturated rings. The van der Waals surface area contributed by atoms with Gasteiger partial charge in [0.2, 0.25) is 0 Å². The van der Waals surface area contributed by atoms with Crippen molar-refractivity contribution >= 4 is 12.1 Å². The molecule has 1 aliphatic carbocycles. The van der Waals surface area contributed by atoms with Crippen LogP contribution in [-0.4, -0.2) is 67.2 Å². The Labute approximate surface area is 213 Å². The van der Waals surface area contributed by atoms with Gasteiger partial charge in [-0.2, -0.15) is 0 Å². The van der Waals surface area contributed by atoms with Gasteiger partial charge in [0.1, 0.15) is 24.2 Å². The van der Waals surface area contributed by atoms with Gasteiger partial charge in [-0.15, -0.1) is 0 Å². The molecule has 1 N–H and O–H groups in total. The number of carbonyl (C=O) groups excluding carboxylic acids is 1. The number of benzene rings is 2. The molecule has 0 heterocycles. The first-order chi connectivity index (χ1) is 17.5.